The minimum absolute atomic E-state index is 1.14. The lowest BCUT2D eigenvalue weighted by atomic mass is 10.0. The average Bonchev–Trinajstić information content (AvgIpc) is 3.89. The van der Waals surface area contributed by atoms with Crippen molar-refractivity contribution in [3.63, 3.8) is 0 Å². The van der Waals surface area contributed by atoms with Gasteiger partial charge in [-0.1, -0.05) is 115 Å². The smallest absolute Gasteiger partial charge is 0.0541 e. The zero-order valence-electron chi connectivity index (χ0n) is 29.9. The highest BCUT2D eigenvalue weighted by Crippen LogP contribution is 2.39. The summed E-state index contributed by atoms with van der Waals surface area (Å²) < 4.78 is 7.19. The zero-order chi connectivity index (χ0) is 36.0. The van der Waals surface area contributed by atoms with Gasteiger partial charge < -0.3 is 13.7 Å². The fraction of sp³-hybridized carbons (Fsp3) is 0. The molecule has 0 atom stereocenters. The molecule has 0 spiro atoms. The number of hydrogen-bond acceptors (Lipinski definition) is 0. The summed E-state index contributed by atoms with van der Waals surface area (Å²) in [4.78, 5) is 0. The third kappa shape index (κ3) is 4.44. The zero-order valence-corrected chi connectivity index (χ0v) is 29.9. The normalized spacial score (nSPS) is 12.0. The highest BCUT2D eigenvalue weighted by Gasteiger charge is 2.17. The predicted molar refractivity (Wildman–Crippen MR) is 232 cm³/mol. The van der Waals surface area contributed by atoms with E-state index in [1.165, 1.54) is 93.0 Å². The first-order valence-corrected chi connectivity index (χ1v) is 18.9. The van der Waals surface area contributed by atoms with Crippen molar-refractivity contribution in [2.24, 2.45) is 0 Å². The second kappa shape index (κ2) is 11.6. The van der Waals surface area contributed by atoms with E-state index in [4.69, 9.17) is 0 Å². The van der Waals surface area contributed by atoms with Crippen LogP contribution in [0.5, 0.6) is 0 Å². The van der Waals surface area contributed by atoms with Crippen LogP contribution in [0.15, 0.2) is 200 Å². The third-order valence-electron chi connectivity index (χ3n) is 11.6. The Bertz CT molecular complexity index is 3430. The van der Waals surface area contributed by atoms with Crippen LogP contribution in [0.3, 0.4) is 0 Å². The molecule has 3 heterocycles. The fourth-order valence-corrected chi connectivity index (χ4v) is 9.13. The quantitative estimate of drug-likeness (QED) is 0.174. The molecule has 0 fully saturated rings. The minimum Gasteiger partial charge on any atom is -0.309 e. The number of aromatic nitrogens is 3. The molecule has 3 heteroatoms. The molecule has 12 rings (SSSR count). The molecule has 55 heavy (non-hydrogen) atoms. The van der Waals surface area contributed by atoms with E-state index in [1.807, 2.05) is 0 Å². The summed E-state index contributed by atoms with van der Waals surface area (Å²) in [6, 6.07) is 73.3. The van der Waals surface area contributed by atoms with Gasteiger partial charge in [0.2, 0.25) is 0 Å². The van der Waals surface area contributed by atoms with E-state index < -0.39 is 0 Å². The predicted octanol–water partition coefficient (Wildman–Crippen LogP) is 13.8. The van der Waals surface area contributed by atoms with Crippen LogP contribution >= 0.6 is 0 Å². The van der Waals surface area contributed by atoms with Crippen molar-refractivity contribution in [2.45, 2.75) is 0 Å². The van der Waals surface area contributed by atoms with Gasteiger partial charge in [0.25, 0.3) is 0 Å². The standard InChI is InChI=1S/C52H33N3/c1-2-12-35-31-40(24-21-34(35)11-1)55-50-20-10-6-16-44(50)46-33-37(23-30-52(46)55)36-22-29-51-45(32-36)43-15-5-9-19-49(43)54(51)39-27-25-38(26-28-39)53-47-17-7-3-13-41(47)42-14-4-8-18-48(42)53/h1-33H. The molecule has 0 bridgehead atoms. The fourth-order valence-electron chi connectivity index (χ4n) is 9.13. The van der Waals surface area contributed by atoms with Gasteiger partial charge in [0, 0.05) is 49.4 Å². The second-order valence-corrected chi connectivity index (χ2v) is 14.6. The average molecular weight is 700 g/mol. The first kappa shape index (κ1) is 30.1. The molecule has 0 aliphatic rings. The molecule has 0 unspecified atom stereocenters. The lowest BCUT2D eigenvalue weighted by Crippen LogP contribution is -1.97. The van der Waals surface area contributed by atoms with Gasteiger partial charge in [-0.3, -0.25) is 0 Å². The van der Waals surface area contributed by atoms with E-state index in [-0.39, 0.29) is 0 Å². The van der Waals surface area contributed by atoms with E-state index in [0.717, 1.165) is 11.4 Å². The molecular formula is C52H33N3. The maximum absolute atomic E-state index is 2.41. The maximum atomic E-state index is 2.41. The number of benzene rings is 9. The van der Waals surface area contributed by atoms with Crippen LogP contribution in [-0.2, 0) is 0 Å². The number of hydrogen-bond donors (Lipinski definition) is 0. The molecule has 0 aliphatic heterocycles. The van der Waals surface area contributed by atoms with Crippen LogP contribution in [-0.4, -0.2) is 13.7 Å². The molecule has 256 valence electrons. The van der Waals surface area contributed by atoms with Crippen molar-refractivity contribution in [3.8, 4) is 28.2 Å². The van der Waals surface area contributed by atoms with Crippen LogP contribution in [0.1, 0.15) is 0 Å². The number of rotatable bonds is 4. The lowest BCUT2D eigenvalue weighted by molar-refractivity contribution is 1.14. The van der Waals surface area contributed by atoms with Crippen LogP contribution in [0.25, 0.3) is 104 Å². The van der Waals surface area contributed by atoms with Crippen molar-refractivity contribution < 1.29 is 0 Å². The van der Waals surface area contributed by atoms with Crippen LogP contribution < -0.4 is 0 Å². The van der Waals surface area contributed by atoms with Crippen molar-refractivity contribution in [2.75, 3.05) is 0 Å². The van der Waals surface area contributed by atoms with E-state index in [0.29, 0.717) is 0 Å². The van der Waals surface area contributed by atoms with Gasteiger partial charge in [0.15, 0.2) is 0 Å². The molecule has 0 saturated heterocycles. The topological polar surface area (TPSA) is 14.8 Å². The monoisotopic (exact) mass is 699 g/mol. The summed E-state index contributed by atoms with van der Waals surface area (Å²) in [5.41, 5.74) is 13.2. The molecule has 0 N–H and O–H groups in total. The molecule has 0 radical (unpaired) electrons. The van der Waals surface area contributed by atoms with Crippen molar-refractivity contribution in [1.29, 1.82) is 0 Å². The summed E-state index contributed by atoms with van der Waals surface area (Å²) in [5.74, 6) is 0. The summed E-state index contributed by atoms with van der Waals surface area (Å²) >= 11 is 0. The van der Waals surface area contributed by atoms with Gasteiger partial charge in [-0.05, 0) is 107 Å². The van der Waals surface area contributed by atoms with Crippen molar-refractivity contribution in [1.82, 2.24) is 13.7 Å². The third-order valence-corrected chi connectivity index (χ3v) is 11.6. The van der Waals surface area contributed by atoms with Gasteiger partial charge in [-0.2, -0.15) is 0 Å². The van der Waals surface area contributed by atoms with Crippen molar-refractivity contribution >= 4 is 76.2 Å². The molecule has 12 aromatic rings. The van der Waals surface area contributed by atoms with Gasteiger partial charge in [0.1, 0.15) is 0 Å². The summed E-state index contributed by atoms with van der Waals surface area (Å²) in [7, 11) is 0. The Kier molecular flexibility index (Phi) is 6.34. The first-order chi connectivity index (χ1) is 27.3. The van der Waals surface area contributed by atoms with E-state index in [1.54, 1.807) is 0 Å². The van der Waals surface area contributed by atoms with Crippen molar-refractivity contribution in [3.05, 3.63) is 200 Å². The molecule has 0 amide bonds. The number of para-hydroxylation sites is 4. The first-order valence-electron chi connectivity index (χ1n) is 18.9. The summed E-state index contributed by atoms with van der Waals surface area (Å²) in [6.45, 7) is 0. The Balaban J connectivity index is 0.986. The van der Waals surface area contributed by atoms with Gasteiger partial charge in [-0.25, -0.2) is 0 Å². The SMILES string of the molecule is c1ccc2cc(-n3c4ccccc4c4cc(-c5ccc6c(c5)c5ccccc5n6-c5ccc(-n6c7ccccc7c7ccccc76)cc5)ccc43)ccc2c1. The molecule has 3 aromatic heterocycles. The molecule has 9 aromatic carbocycles. The van der Waals surface area contributed by atoms with E-state index in [9.17, 15) is 0 Å². The highest BCUT2D eigenvalue weighted by molar-refractivity contribution is 6.13. The molecule has 3 nitrogen and oxygen atoms in total. The Morgan fingerprint density at radius 1 is 0.218 bits per heavy atom. The van der Waals surface area contributed by atoms with Gasteiger partial charge >= 0.3 is 0 Å². The summed E-state index contributed by atoms with van der Waals surface area (Å²) in [5, 5.41) is 10.1. The molecule has 0 saturated carbocycles. The Labute approximate surface area is 317 Å². The minimum atomic E-state index is 1.14. The Morgan fingerprint density at radius 2 is 0.564 bits per heavy atom. The highest BCUT2D eigenvalue weighted by atomic mass is 15.0. The van der Waals surface area contributed by atoms with Gasteiger partial charge in [0.05, 0.1) is 33.1 Å². The largest absolute Gasteiger partial charge is 0.309 e. The molecular weight excluding hydrogens is 667 g/mol. The van der Waals surface area contributed by atoms with Crippen LogP contribution in [0, 0.1) is 0 Å². The Hall–Kier alpha value is -7.36. The Morgan fingerprint density at radius 3 is 1.04 bits per heavy atom. The van der Waals surface area contributed by atoms with Crippen LogP contribution in [0.4, 0.5) is 0 Å². The van der Waals surface area contributed by atoms with E-state index in [2.05, 4.69) is 214 Å². The number of fused-ring (bicyclic) bond motifs is 10. The molecule has 0 aliphatic carbocycles. The number of nitrogens with zero attached hydrogens (tertiary/aromatic N) is 3. The summed E-state index contributed by atoms with van der Waals surface area (Å²) in [6.07, 6.45) is 0. The van der Waals surface area contributed by atoms with E-state index >= 15 is 0 Å². The second-order valence-electron chi connectivity index (χ2n) is 14.6. The van der Waals surface area contributed by atoms with Crippen LogP contribution in [0.2, 0.25) is 0 Å². The lowest BCUT2D eigenvalue weighted by Gasteiger charge is -2.12. The maximum Gasteiger partial charge on any atom is 0.0541 e. The van der Waals surface area contributed by atoms with Gasteiger partial charge in [-0.15, -0.1) is 0 Å².